The van der Waals surface area contributed by atoms with E-state index < -0.39 is 12.5 Å². The Morgan fingerprint density at radius 3 is 2.72 bits per heavy atom. The van der Waals surface area contributed by atoms with Gasteiger partial charge in [-0.25, -0.2) is 13.5 Å². The van der Waals surface area contributed by atoms with Gasteiger partial charge in [-0.3, -0.25) is 0 Å². The Kier molecular flexibility index (Phi) is 2.74. The van der Waals surface area contributed by atoms with Gasteiger partial charge in [0.25, 0.3) is 6.43 Å². The number of halogens is 2. The van der Waals surface area contributed by atoms with Gasteiger partial charge in [0.1, 0.15) is 11.9 Å². The van der Waals surface area contributed by atoms with Crippen LogP contribution in [0.25, 0.3) is 0 Å². The van der Waals surface area contributed by atoms with Crippen LogP contribution in [0.2, 0.25) is 0 Å². The highest BCUT2D eigenvalue weighted by molar-refractivity contribution is 5.41. The Morgan fingerprint density at radius 1 is 1.22 bits per heavy atom. The average molecular weight is 249 g/mol. The minimum atomic E-state index is -2.41. The van der Waals surface area contributed by atoms with Gasteiger partial charge in [-0.1, -0.05) is 30.3 Å². The molecule has 1 aromatic heterocycles. The normalized spacial score (nSPS) is 22.6. The second kappa shape index (κ2) is 4.40. The lowest BCUT2D eigenvalue weighted by atomic mass is 9.97. The van der Waals surface area contributed by atoms with Gasteiger partial charge in [0.15, 0.2) is 0 Å². The number of nitrogens with one attached hydrogen (secondary N) is 1. The molecule has 0 radical (unpaired) electrons. The van der Waals surface area contributed by atoms with Crippen molar-refractivity contribution in [3.05, 3.63) is 48.2 Å². The van der Waals surface area contributed by atoms with E-state index in [2.05, 4.69) is 10.4 Å². The van der Waals surface area contributed by atoms with E-state index in [4.69, 9.17) is 0 Å². The highest BCUT2D eigenvalue weighted by Crippen LogP contribution is 2.37. The van der Waals surface area contributed by atoms with Gasteiger partial charge in [-0.15, -0.1) is 0 Å². The van der Waals surface area contributed by atoms with Gasteiger partial charge in [0.2, 0.25) is 0 Å². The summed E-state index contributed by atoms with van der Waals surface area (Å²) in [6.45, 7) is 0. The van der Waals surface area contributed by atoms with E-state index in [1.54, 1.807) is 12.3 Å². The van der Waals surface area contributed by atoms with E-state index in [-0.39, 0.29) is 6.04 Å². The SMILES string of the molecule is FC(F)C1CC(c2ccccc2)Nc2ccnn21. The first kappa shape index (κ1) is 11.2. The molecule has 5 heteroatoms. The van der Waals surface area contributed by atoms with E-state index in [9.17, 15) is 8.78 Å². The van der Waals surface area contributed by atoms with Crippen LogP contribution < -0.4 is 5.32 Å². The Balaban J connectivity index is 1.94. The second-order valence-electron chi connectivity index (χ2n) is 4.41. The number of alkyl halides is 2. The molecule has 0 aliphatic carbocycles. The van der Waals surface area contributed by atoms with E-state index in [1.165, 1.54) is 4.68 Å². The number of hydrogen-bond donors (Lipinski definition) is 1. The zero-order valence-corrected chi connectivity index (χ0v) is 9.63. The summed E-state index contributed by atoms with van der Waals surface area (Å²) >= 11 is 0. The minimum absolute atomic E-state index is 0.0885. The molecular formula is C13H13F2N3. The second-order valence-corrected chi connectivity index (χ2v) is 4.41. The molecule has 2 aromatic rings. The molecule has 0 saturated heterocycles. The van der Waals surface area contributed by atoms with Crippen LogP contribution in [0.5, 0.6) is 0 Å². The lowest BCUT2D eigenvalue weighted by Crippen LogP contribution is -2.30. The maximum atomic E-state index is 13.1. The summed E-state index contributed by atoms with van der Waals surface area (Å²) in [7, 11) is 0. The van der Waals surface area contributed by atoms with Crippen LogP contribution in [0.4, 0.5) is 14.6 Å². The molecule has 0 saturated carbocycles. The molecule has 2 heterocycles. The van der Waals surface area contributed by atoms with E-state index in [0.29, 0.717) is 12.2 Å². The lowest BCUT2D eigenvalue weighted by Gasteiger charge is -2.32. The topological polar surface area (TPSA) is 29.9 Å². The third kappa shape index (κ3) is 1.85. The average Bonchev–Trinajstić information content (AvgIpc) is 2.86. The van der Waals surface area contributed by atoms with Gasteiger partial charge in [0, 0.05) is 6.07 Å². The molecule has 3 rings (SSSR count). The predicted octanol–water partition coefficient (Wildman–Crippen LogP) is 3.25. The Morgan fingerprint density at radius 2 is 2.00 bits per heavy atom. The predicted molar refractivity (Wildman–Crippen MR) is 64.7 cm³/mol. The third-order valence-electron chi connectivity index (χ3n) is 3.28. The highest BCUT2D eigenvalue weighted by Gasteiger charge is 2.33. The molecular weight excluding hydrogens is 236 g/mol. The molecule has 1 aliphatic heterocycles. The van der Waals surface area contributed by atoms with Gasteiger partial charge >= 0.3 is 0 Å². The van der Waals surface area contributed by atoms with Crippen LogP contribution in [0.15, 0.2) is 42.6 Å². The number of fused-ring (bicyclic) bond motifs is 1. The maximum absolute atomic E-state index is 13.1. The molecule has 0 fully saturated rings. The van der Waals surface area contributed by atoms with Gasteiger partial charge in [-0.2, -0.15) is 5.10 Å². The molecule has 0 amide bonds. The summed E-state index contributed by atoms with van der Waals surface area (Å²) in [5.41, 5.74) is 1.02. The van der Waals surface area contributed by atoms with Gasteiger partial charge < -0.3 is 5.32 Å². The molecule has 1 aliphatic rings. The van der Waals surface area contributed by atoms with Crippen molar-refractivity contribution in [3.63, 3.8) is 0 Å². The van der Waals surface area contributed by atoms with E-state index in [1.807, 2.05) is 30.3 Å². The van der Waals surface area contributed by atoms with Crippen molar-refractivity contribution in [1.29, 1.82) is 0 Å². The summed E-state index contributed by atoms with van der Waals surface area (Å²) < 4.78 is 27.5. The van der Waals surface area contributed by atoms with Crippen molar-refractivity contribution in [2.45, 2.75) is 24.9 Å². The molecule has 94 valence electrons. The molecule has 18 heavy (non-hydrogen) atoms. The number of aromatic nitrogens is 2. The van der Waals surface area contributed by atoms with E-state index >= 15 is 0 Å². The van der Waals surface area contributed by atoms with Crippen molar-refractivity contribution in [1.82, 2.24) is 9.78 Å². The summed E-state index contributed by atoms with van der Waals surface area (Å²) in [6, 6.07) is 10.4. The third-order valence-corrected chi connectivity index (χ3v) is 3.28. The van der Waals surface area contributed by atoms with Crippen LogP contribution in [0, 0.1) is 0 Å². The number of anilines is 1. The van der Waals surface area contributed by atoms with Crippen LogP contribution in [0.3, 0.4) is 0 Å². The lowest BCUT2D eigenvalue weighted by molar-refractivity contribution is 0.0658. The van der Waals surface area contributed by atoms with Crippen molar-refractivity contribution in [2.24, 2.45) is 0 Å². The summed E-state index contributed by atoms with van der Waals surface area (Å²) in [5, 5.41) is 7.21. The zero-order valence-electron chi connectivity index (χ0n) is 9.63. The fraction of sp³-hybridized carbons (Fsp3) is 0.308. The van der Waals surface area contributed by atoms with Crippen LogP contribution >= 0.6 is 0 Å². The Labute approximate surface area is 103 Å². The molecule has 2 atom stereocenters. The van der Waals surface area contributed by atoms with Gasteiger partial charge in [-0.05, 0) is 12.0 Å². The molecule has 1 aromatic carbocycles. The summed E-state index contributed by atoms with van der Waals surface area (Å²) in [5.74, 6) is 0.653. The smallest absolute Gasteiger partial charge is 0.260 e. The van der Waals surface area contributed by atoms with Gasteiger partial charge in [0.05, 0.1) is 12.2 Å². The molecule has 1 N–H and O–H groups in total. The molecule has 3 nitrogen and oxygen atoms in total. The largest absolute Gasteiger partial charge is 0.363 e. The number of nitrogens with zero attached hydrogens (tertiary/aromatic N) is 2. The van der Waals surface area contributed by atoms with Crippen LogP contribution in [0.1, 0.15) is 24.1 Å². The molecule has 2 unspecified atom stereocenters. The molecule has 0 spiro atoms. The first-order valence-corrected chi connectivity index (χ1v) is 5.89. The number of benzene rings is 1. The van der Waals surface area contributed by atoms with Crippen molar-refractivity contribution >= 4 is 5.82 Å². The van der Waals surface area contributed by atoms with Crippen LogP contribution in [-0.4, -0.2) is 16.2 Å². The van der Waals surface area contributed by atoms with Crippen molar-refractivity contribution in [2.75, 3.05) is 5.32 Å². The van der Waals surface area contributed by atoms with Crippen molar-refractivity contribution < 1.29 is 8.78 Å². The first-order chi connectivity index (χ1) is 8.75. The van der Waals surface area contributed by atoms with Crippen LogP contribution in [-0.2, 0) is 0 Å². The fourth-order valence-corrected chi connectivity index (χ4v) is 2.39. The quantitative estimate of drug-likeness (QED) is 0.885. The molecule has 0 bridgehead atoms. The standard InChI is InChI=1S/C13H13F2N3/c14-13(15)11-8-10(9-4-2-1-3-5-9)17-12-6-7-16-18(11)12/h1-7,10-11,13,17H,8H2. The maximum Gasteiger partial charge on any atom is 0.260 e. The van der Waals surface area contributed by atoms with E-state index in [0.717, 1.165) is 5.56 Å². The number of rotatable bonds is 2. The monoisotopic (exact) mass is 249 g/mol. The number of hydrogen-bond acceptors (Lipinski definition) is 2. The fourth-order valence-electron chi connectivity index (χ4n) is 2.39. The van der Waals surface area contributed by atoms with Crippen molar-refractivity contribution in [3.8, 4) is 0 Å². The zero-order chi connectivity index (χ0) is 12.5. The highest BCUT2D eigenvalue weighted by atomic mass is 19.3. The first-order valence-electron chi connectivity index (χ1n) is 5.89. The minimum Gasteiger partial charge on any atom is -0.363 e. The Bertz CT molecular complexity index is 524. The Hall–Kier alpha value is -1.91. The summed E-state index contributed by atoms with van der Waals surface area (Å²) in [6.07, 6.45) is -0.515. The summed E-state index contributed by atoms with van der Waals surface area (Å²) in [4.78, 5) is 0.